The molecule has 0 saturated carbocycles. The van der Waals surface area contributed by atoms with Crippen LogP contribution in [0.4, 0.5) is 13.2 Å². The van der Waals surface area contributed by atoms with Crippen molar-refractivity contribution in [2.45, 2.75) is 17.1 Å². The minimum absolute atomic E-state index is 0.0755. The minimum atomic E-state index is -3.28. The highest BCUT2D eigenvalue weighted by molar-refractivity contribution is 9.10. The van der Waals surface area contributed by atoms with Crippen molar-refractivity contribution < 1.29 is 27.8 Å². The Labute approximate surface area is 148 Å². The Morgan fingerprint density at radius 3 is 2.67 bits per heavy atom. The van der Waals surface area contributed by atoms with E-state index in [1.807, 2.05) is 0 Å². The van der Waals surface area contributed by atoms with Crippen LogP contribution in [0.25, 0.3) is 0 Å². The molecule has 3 nitrogen and oxygen atoms in total. The van der Waals surface area contributed by atoms with Crippen molar-refractivity contribution in [3.05, 3.63) is 51.7 Å². The summed E-state index contributed by atoms with van der Waals surface area (Å²) >= 11 is 3.60. The van der Waals surface area contributed by atoms with E-state index in [9.17, 15) is 18.3 Å². The molecule has 128 valence electrons. The van der Waals surface area contributed by atoms with Crippen LogP contribution in [0, 0.1) is 5.82 Å². The molecule has 0 saturated heterocycles. The first-order valence-electron chi connectivity index (χ1n) is 6.85. The summed E-state index contributed by atoms with van der Waals surface area (Å²) in [6, 6.07) is 7.00. The number of aliphatic hydroxyl groups excluding tert-OH is 1. The van der Waals surface area contributed by atoms with Gasteiger partial charge in [0.25, 0.3) is 0 Å². The molecular weight excluding hydrogens is 409 g/mol. The number of thioether (sulfide) groups is 1. The fourth-order valence-electron chi connectivity index (χ4n) is 2.37. The molecule has 2 aromatic rings. The van der Waals surface area contributed by atoms with E-state index >= 15 is 0 Å². The van der Waals surface area contributed by atoms with Gasteiger partial charge in [0.1, 0.15) is 23.1 Å². The third-order valence-electron chi connectivity index (χ3n) is 3.55. The maximum Gasteiger partial charge on any atom is 0.323 e. The first-order valence-corrected chi connectivity index (χ1v) is 8.63. The van der Waals surface area contributed by atoms with Crippen LogP contribution in [0.5, 0.6) is 17.2 Å². The highest BCUT2D eigenvalue weighted by atomic mass is 79.9. The molecule has 1 unspecified atom stereocenters. The number of hydrogen-bond acceptors (Lipinski definition) is 4. The molecule has 0 aliphatic carbocycles. The van der Waals surface area contributed by atoms with E-state index in [0.29, 0.717) is 17.3 Å². The summed E-state index contributed by atoms with van der Waals surface area (Å²) < 4.78 is 51.8. The average Bonchev–Trinajstić information content (AvgIpc) is 2.53. The standard InChI is InChI=1S/C16H12BrF3O3S/c1-22-10-4-9(18)5-11(6-10)23-12-3-2-8-7-24-16(19,20)15(21)13(8)14(12)17/h2-6,15,21H,7H2,1H3. The van der Waals surface area contributed by atoms with Gasteiger partial charge in [-0.2, -0.15) is 8.78 Å². The molecular formula is C16H12BrF3O3S. The number of halogens is 4. The van der Waals surface area contributed by atoms with E-state index in [-0.39, 0.29) is 33.0 Å². The monoisotopic (exact) mass is 420 g/mol. The molecule has 0 radical (unpaired) electrons. The second-order valence-corrected chi connectivity index (χ2v) is 7.05. The van der Waals surface area contributed by atoms with Crippen molar-refractivity contribution >= 4 is 27.7 Å². The lowest BCUT2D eigenvalue weighted by atomic mass is 10.0. The van der Waals surface area contributed by atoms with Gasteiger partial charge in [-0.1, -0.05) is 17.8 Å². The normalized spacial score (nSPS) is 18.8. The highest BCUT2D eigenvalue weighted by Gasteiger charge is 2.45. The van der Waals surface area contributed by atoms with E-state index in [2.05, 4.69) is 15.9 Å². The maximum atomic E-state index is 13.8. The zero-order valence-electron chi connectivity index (χ0n) is 12.4. The fraction of sp³-hybridized carbons (Fsp3) is 0.250. The number of alkyl halides is 2. The molecule has 1 heterocycles. The Bertz CT molecular complexity index is 785. The molecule has 0 spiro atoms. The Morgan fingerprint density at radius 1 is 1.25 bits per heavy atom. The predicted molar refractivity (Wildman–Crippen MR) is 88.4 cm³/mol. The number of benzene rings is 2. The third kappa shape index (κ3) is 3.22. The molecule has 0 aromatic heterocycles. The molecule has 0 amide bonds. The van der Waals surface area contributed by atoms with Crippen LogP contribution in [0.3, 0.4) is 0 Å². The van der Waals surface area contributed by atoms with Gasteiger partial charge in [-0.3, -0.25) is 0 Å². The fourth-order valence-corrected chi connectivity index (χ4v) is 3.93. The van der Waals surface area contributed by atoms with Gasteiger partial charge >= 0.3 is 5.25 Å². The SMILES string of the molecule is COc1cc(F)cc(Oc2ccc3c(c2Br)C(O)C(F)(F)SC3)c1. The van der Waals surface area contributed by atoms with Gasteiger partial charge in [-0.15, -0.1) is 0 Å². The minimum Gasteiger partial charge on any atom is -0.497 e. The number of ether oxygens (including phenoxy) is 2. The van der Waals surface area contributed by atoms with E-state index in [4.69, 9.17) is 9.47 Å². The first-order chi connectivity index (χ1) is 11.3. The van der Waals surface area contributed by atoms with Crippen molar-refractivity contribution in [1.82, 2.24) is 0 Å². The Hall–Kier alpha value is -1.38. The summed E-state index contributed by atoms with van der Waals surface area (Å²) in [6.45, 7) is 0. The second-order valence-electron chi connectivity index (χ2n) is 5.13. The lowest BCUT2D eigenvalue weighted by Gasteiger charge is -2.30. The number of aliphatic hydroxyl groups is 1. The van der Waals surface area contributed by atoms with Crippen LogP contribution in [0.2, 0.25) is 0 Å². The number of fused-ring (bicyclic) bond motifs is 1. The Balaban J connectivity index is 1.99. The average molecular weight is 421 g/mol. The van der Waals surface area contributed by atoms with E-state index < -0.39 is 17.2 Å². The predicted octanol–water partition coefficient (Wildman–Crippen LogP) is 5.26. The van der Waals surface area contributed by atoms with Gasteiger partial charge in [-0.25, -0.2) is 4.39 Å². The summed E-state index contributed by atoms with van der Waals surface area (Å²) in [7, 11) is 1.39. The molecule has 0 fully saturated rings. The van der Waals surface area contributed by atoms with Crippen LogP contribution in [-0.4, -0.2) is 17.5 Å². The Morgan fingerprint density at radius 2 is 1.96 bits per heavy atom. The number of hydrogen-bond donors (Lipinski definition) is 1. The highest BCUT2D eigenvalue weighted by Crippen LogP contribution is 2.52. The molecule has 3 rings (SSSR count). The molecule has 24 heavy (non-hydrogen) atoms. The zero-order valence-corrected chi connectivity index (χ0v) is 14.8. The third-order valence-corrected chi connectivity index (χ3v) is 5.44. The zero-order chi connectivity index (χ0) is 17.5. The van der Waals surface area contributed by atoms with Gasteiger partial charge in [0.15, 0.2) is 6.10 Å². The smallest absolute Gasteiger partial charge is 0.323 e. The van der Waals surface area contributed by atoms with E-state index in [0.717, 1.165) is 6.07 Å². The van der Waals surface area contributed by atoms with Crippen LogP contribution in [0.1, 0.15) is 17.2 Å². The summed E-state index contributed by atoms with van der Waals surface area (Å²) in [6.07, 6.45) is -1.95. The quantitative estimate of drug-likeness (QED) is 0.734. The molecule has 2 aromatic carbocycles. The number of rotatable bonds is 3. The van der Waals surface area contributed by atoms with Crippen LogP contribution >= 0.6 is 27.7 Å². The molecule has 1 aliphatic heterocycles. The van der Waals surface area contributed by atoms with Crippen LogP contribution in [-0.2, 0) is 5.75 Å². The van der Waals surface area contributed by atoms with Crippen molar-refractivity contribution in [2.75, 3.05) is 7.11 Å². The van der Waals surface area contributed by atoms with Crippen molar-refractivity contribution in [3.8, 4) is 17.2 Å². The van der Waals surface area contributed by atoms with Crippen molar-refractivity contribution in [2.24, 2.45) is 0 Å². The topological polar surface area (TPSA) is 38.7 Å². The van der Waals surface area contributed by atoms with Gasteiger partial charge in [0.2, 0.25) is 0 Å². The van der Waals surface area contributed by atoms with Crippen molar-refractivity contribution in [3.63, 3.8) is 0 Å². The maximum absolute atomic E-state index is 13.8. The van der Waals surface area contributed by atoms with Crippen LogP contribution < -0.4 is 9.47 Å². The summed E-state index contributed by atoms with van der Waals surface area (Å²) in [4.78, 5) is 0. The van der Waals surface area contributed by atoms with Crippen molar-refractivity contribution in [1.29, 1.82) is 0 Å². The van der Waals surface area contributed by atoms with Gasteiger partial charge < -0.3 is 14.6 Å². The molecule has 1 atom stereocenters. The van der Waals surface area contributed by atoms with Crippen LogP contribution in [0.15, 0.2) is 34.8 Å². The molecule has 1 N–H and O–H groups in total. The summed E-state index contributed by atoms with van der Waals surface area (Å²) in [5.74, 6) is 0.136. The largest absolute Gasteiger partial charge is 0.497 e. The number of methoxy groups -OCH3 is 1. The van der Waals surface area contributed by atoms with E-state index in [1.54, 1.807) is 12.1 Å². The van der Waals surface area contributed by atoms with Gasteiger partial charge in [0.05, 0.1) is 11.6 Å². The molecule has 1 aliphatic rings. The molecule has 0 bridgehead atoms. The lowest BCUT2D eigenvalue weighted by molar-refractivity contribution is -0.0383. The summed E-state index contributed by atoms with van der Waals surface area (Å²) in [5, 5.41) is 6.67. The van der Waals surface area contributed by atoms with E-state index in [1.165, 1.54) is 19.2 Å². The lowest BCUT2D eigenvalue weighted by Crippen LogP contribution is -2.27. The molecule has 8 heteroatoms. The summed E-state index contributed by atoms with van der Waals surface area (Å²) in [5.41, 5.74) is 0.675. The Kier molecular flexibility index (Phi) is 4.72. The second kappa shape index (κ2) is 6.50. The van der Waals surface area contributed by atoms with Gasteiger partial charge in [0, 0.05) is 29.5 Å². The first kappa shape index (κ1) is 17.4. The van der Waals surface area contributed by atoms with Gasteiger partial charge in [-0.05, 0) is 27.6 Å².